The number of rotatable bonds is 2. The third-order valence-electron chi connectivity index (χ3n) is 3.54. The Labute approximate surface area is 127 Å². The quantitative estimate of drug-likeness (QED) is 0.852. The van der Waals surface area contributed by atoms with Crippen LogP contribution in [0.5, 0.6) is 0 Å². The molecular formula is C17H14FNO3. The second-order valence-electron chi connectivity index (χ2n) is 5.03. The third kappa shape index (κ3) is 2.83. The number of ether oxygens (including phenoxy) is 1. The fourth-order valence-electron chi connectivity index (χ4n) is 2.42. The number of carbonyl (C=O) groups is 2. The Bertz CT molecular complexity index is 715. The van der Waals surface area contributed by atoms with E-state index in [-0.39, 0.29) is 31.0 Å². The first-order chi connectivity index (χ1) is 10.6. The van der Waals surface area contributed by atoms with Crippen LogP contribution in [0.15, 0.2) is 48.5 Å². The van der Waals surface area contributed by atoms with E-state index in [9.17, 15) is 14.0 Å². The van der Waals surface area contributed by atoms with Crippen molar-refractivity contribution >= 4 is 17.6 Å². The highest BCUT2D eigenvalue weighted by atomic mass is 19.1. The predicted molar refractivity (Wildman–Crippen MR) is 79.3 cm³/mol. The van der Waals surface area contributed by atoms with Crippen LogP contribution in [0.1, 0.15) is 22.3 Å². The van der Waals surface area contributed by atoms with E-state index in [0.717, 1.165) is 5.56 Å². The number of hydrogen-bond acceptors (Lipinski definition) is 3. The summed E-state index contributed by atoms with van der Waals surface area (Å²) < 4.78 is 18.7. The van der Waals surface area contributed by atoms with Crippen molar-refractivity contribution in [1.29, 1.82) is 0 Å². The first-order valence-corrected chi connectivity index (χ1v) is 6.96. The molecule has 0 atom stereocenters. The summed E-state index contributed by atoms with van der Waals surface area (Å²) in [5.74, 6) is -0.587. The van der Waals surface area contributed by atoms with Crippen molar-refractivity contribution < 1.29 is 18.7 Å². The average molecular weight is 299 g/mol. The lowest BCUT2D eigenvalue weighted by Crippen LogP contribution is -2.37. The van der Waals surface area contributed by atoms with Crippen LogP contribution in [0, 0.1) is 5.82 Å². The normalized spacial score (nSPS) is 13.7. The van der Waals surface area contributed by atoms with Gasteiger partial charge in [-0.15, -0.1) is 0 Å². The van der Waals surface area contributed by atoms with Crippen molar-refractivity contribution in [1.82, 2.24) is 0 Å². The Morgan fingerprint density at radius 3 is 2.73 bits per heavy atom. The summed E-state index contributed by atoms with van der Waals surface area (Å²) in [5.41, 5.74) is 1.49. The maximum absolute atomic E-state index is 13.4. The number of halogens is 1. The first-order valence-electron chi connectivity index (χ1n) is 6.96. The summed E-state index contributed by atoms with van der Waals surface area (Å²) in [5, 5.41) is 0. The Hall–Kier alpha value is -2.69. The molecule has 2 aromatic carbocycles. The fourth-order valence-corrected chi connectivity index (χ4v) is 2.42. The topological polar surface area (TPSA) is 46.6 Å². The van der Waals surface area contributed by atoms with Crippen molar-refractivity contribution in [3.63, 3.8) is 0 Å². The van der Waals surface area contributed by atoms with Crippen LogP contribution >= 0.6 is 0 Å². The molecule has 0 saturated heterocycles. The summed E-state index contributed by atoms with van der Waals surface area (Å²) >= 11 is 0. The molecule has 4 nitrogen and oxygen atoms in total. The molecule has 2 aromatic rings. The summed E-state index contributed by atoms with van der Waals surface area (Å²) in [4.78, 5) is 25.4. The highest BCUT2D eigenvalue weighted by Gasteiger charge is 2.28. The zero-order chi connectivity index (χ0) is 15.5. The van der Waals surface area contributed by atoms with E-state index in [0.29, 0.717) is 5.56 Å². The Morgan fingerprint density at radius 2 is 1.95 bits per heavy atom. The van der Waals surface area contributed by atoms with Crippen LogP contribution in [0.25, 0.3) is 0 Å². The largest absolute Gasteiger partial charge is 0.444 e. The molecule has 112 valence electrons. The maximum atomic E-state index is 13.4. The summed E-state index contributed by atoms with van der Waals surface area (Å²) in [7, 11) is 0. The van der Waals surface area contributed by atoms with Gasteiger partial charge in [-0.05, 0) is 23.8 Å². The lowest BCUT2D eigenvalue weighted by Gasteiger charge is -2.27. The molecule has 0 fully saturated rings. The number of amides is 1. The van der Waals surface area contributed by atoms with Gasteiger partial charge in [-0.25, -0.2) is 9.18 Å². The smallest absolute Gasteiger partial charge is 0.414 e. The average Bonchev–Trinajstić information content (AvgIpc) is 2.54. The van der Waals surface area contributed by atoms with Crippen LogP contribution in [0.3, 0.4) is 0 Å². The Morgan fingerprint density at radius 1 is 1.18 bits per heavy atom. The fraction of sp³-hybridized carbons (Fsp3) is 0.176. The van der Waals surface area contributed by atoms with Gasteiger partial charge in [0.1, 0.15) is 12.4 Å². The number of carbonyl (C=O) groups excluding carboxylic acids is 2. The van der Waals surface area contributed by atoms with Gasteiger partial charge in [0.2, 0.25) is 0 Å². The highest BCUT2D eigenvalue weighted by molar-refractivity contribution is 6.07. The lowest BCUT2D eigenvalue weighted by molar-refractivity contribution is 0.0977. The van der Waals surface area contributed by atoms with Gasteiger partial charge in [-0.1, -0.05) is 30.3 Å². The molecule has 1 heterocycles. The van der Waals surface area contributed by atoms with Crippen LogP contribution in [0.4, 0.5) is 14.9 Å². The predicted octanol–water partition coefficient (Wildman–Crippen LogP) is 3.56. The number of fused-ring (bicyclic) bond motifs is 1. The molecule has 0 aromatic heterocycles. The highest BCUT2D eigenvalue weighted by Crippen LogP contribution is 2.28. The zero-order valence-corrected chi connectivity index (χ0v) is 11.8. The van der Waals surface area contributed by atoms with Gasteiger partial charge in [0.15, 0.2) is 5.78 Å². The van der Waals surface area contributed by atoms with Crippen molar-refractivity contribution in [2.75, 3.05) is 11.4 Å². The molecule has 22 heavy (non-hydrogen) atoms. The number of ketones is 1. The number of hydrogen-bond donors (Lipinski definition) is 0. The van der Waals surface area contributed by atoms with Gasteiger partial charge in [-0.2, -0.15) is 0 Å². The van der Waals surface area contributed by atoms with E-state index in [1.165, 1.54) is 23.1 Å². The number of anilines is 1. The molecule has 1 aliphatic heterocycles. The van der Waals surface area contributed by atoms with Gasteiger partial charge in [-0.3, -0.25) is 9.69 Å². The first kappa shape index (κ1) is 14.3. The second kappa shape index (κ2) is 5.97. The van der Waals surface area contributed by atoms with Gasteiger partial charge >= 0.3 is 6.09 Å². The molecule has 0 radical (unpaired) electrons. The van der Waals surface area contributed by atoms with Crippen molar-refractivity contribution in [2.45, 2.75) is 13.0 Å². The van der Waals surface area contributed by atoms with Gasteiger partial charge in [0.05, 0.1) is 5.69 Å². The summed E-state index contributed by atoms with van der Waals surface area (Å²) in [6, 6.07) is 13.1. The minimum atomic E-state index is -0.580. The number of Topliss-reactive ketones (excluding diaryl/α,β-unsaturated/α-hetero) is 1. The van der Waals surface area contributed by atoms with Crippen LogP contribution in [-0.2, 0) is 11.3 Å². The number of nitrogens with zero attached hydrogens (tertiary/aromatic N) is 1. The second-order valence-corrected chi connectivity index (χ2v) is 5.03. The molecule has 0 N–H and O–H groups in total. The van der Waals surface area contributed by atoms with E-state index >= 15 is 0 Å². The minimum Gasteiger partial charge on any atom is -0.444 e. The standard InChI is InChI=1S/C17H14FNO3/c18-13-6-7-14-15(10-13)19(9-8-16(14)20)17(21)22-11-12-4-2-1-3-5-12/h1-7,10H,8-9,11H2. The molecule has 5 heteroatoms. The zero-order valence-electron chi connectivity index (χ0n) is 11.8. The third-order valence-corrected chi connectivity index (χ3v) is 3.54. The van der Waals surface area contributed by atoms with Crippen LogP contribution in [0.2, 0.25) is 0 Å². The van der Waals surface area contributed by atoms with Gasteiger partial charge in [0, 0.05) is 18.5 Å². The monoisotopic (exact) mass is 299 g/mol. The molecule has 3 rings (SSSR count). The molecule has 1 aliphatic rings. The molecule has 0 unspecified atom stereocenters. The van der Waals surface area contributed by atoms with Crippen LogP contribution < -0.4 is 4.90 Å². The Balaban J connectivity index is 1.78. The van der Waals surface area contributed by atoms with E-state index < -0.39 is 11.9 Å². The molecule has 0 saturated carbocycles. The van der Waals surface area contributed by atoms with Crippen LogP contribution in [-0.4, -0.2) is 18.4 Å². The molecule has 0 aliphatic carbocycles. The van der Waals surface area contributed by atoms with Crippen molar-refractivity contribution in [3.05, 3.63) is 65.5 Å². The minimum absolute atomic E-state index is 0.0953. The van der Waals surface area contributed by atoms with Gasteiger partial charge < -0.3 is 4.74 Å². The summed E-state index contributed by atoms with van der Waals surface area (Å²) in [6.45, 7) is 0.331. The van der Waals surface area contributed by atoms with Gasteiger partial charge in [0.25, 0.3) is 0 Å². The van der Waals surface area contributed by atoms with E-state index in [1.54, 1.807) is 0 Å². The van der Waals surface area contributed by atoms with E-state index in [4.69, 9.17) is 4.74 Å². The molecule has 0 spiro atoms. The lowest BCUT2D eigenvalue weighted by atomic mass is 10.0. The summed E-state index contributed by atoms with van der Waals surface area (Å²) in [6.07, 6.45) is -0.373. The molecular weight excluding hydrogens is 285 g/mol. The van der Waals surface area contributed by atoms with E-state index in [2.05, 4.69) is 0 Å². The molecule has 1 amide bonds. The Kier molecular flexibility index (Phi) is 3.87. The SMILES string of the molecule is O=C1CCN(C(=O)OCc2ccccc2)c2cc(F)ccc21. The van der Waals surface area contributed by atoms with E-state index in [1.807, 2.05) is 30.3 Å². The van der Waals surface area contributed by atoms with Crippen molar-refractivity contribution in [2.24, 2.45) is 0 Å². The van der Waals surface area contributed by atoms with Crippen molar-refractivity contribution in [3.8, 4) is 0 Å². The molecule has 0 bridgehead atoms. The number of benzene rings is 2. The maximum Gasteiger partial charge on any atom is 0.414 e.